The number of carbonyl (C=O) groups is 2. The van der Waals surface area contributed by atoms with E-state index in [4.69, 9.17) is 5.11 Å². The lowest BCUT2D eigenvalue weighted by Gasteiger charge is -2.05. The second-order valence-electron chi connectivity index (χ2n) is 4.09. The number of rotatable bonds is 7. The monoisotopic (exact) mass is 331 g/mol. The van der Waals surface area contributed by atoms with Crippen LogP contribution in [-0.2, 0) is 4.79 Å². The molecule has 0 fully saturated rings. The summed E-state index contributed by atoms with van der Waals surface area (Å²) in [6.45, 7) is 0.454. The molecular weight excluding hydrogens is 317 g/mol. The molecule has 0 heterocycles. The molecule has 1 rings (SSSR count). The van der Waals surface area contributed by atoms with Crippen molar-refractivity contribution in [2.75, 3.05) is 6.54 Å². The highest BCUT2D eigenvalue weighted by molar-refractivity contribution is 9.10. The molecule has 0 bridgehead atoms. The molecule has 0 aliphatic heterocycles. The summed E-state index contributed by atoms with van der Waals surface area (Å²) in [5.41, 5.74) is 0.270. The van der Waals surface area contributed by atoms with Crippen LogP contribution in [0.4, 0.5) is 4.39 Å². The number of halogens is 2. The van der Waals surface area contributed by atoms with Gasteiger partial charge in [0.05, 0.1) is 4.47 Å². The van der Waals surface area contributed by atoms with Gasteiger partial charge in [0.2, 0.25) is 0 Å². The molecule has 1 aromatic rings. The molecular formula is C13H15BrFNO3. The molecule has 2 N–H and O–H groups in total. The third-order valence-electron chi connectivity index (χ3n) is 2.53. The minimum absolute atomic E-state index is 0.145. The van der Waals surface area contributed by atoms with Crippen molar-refractivity contribution in [2.24, 2.45) is 0 Å². The van der Waals surface area contributed by atoms with E-state index >= 15 is 0 Å². The second-order valence-corrected chi connectivity index (χ2v) is 4.94. The minimum Gasteiger partial charge on any atom is -0.481 e. The Hall–Kier alpha value is -1.43. The molecule has 0 aromatic heterocycles. The van der Waals surface area contributed by atoms with Crippen LogP contribution < -0.4 is 5.32 Å². The van der Waals surface area contributed by atoms with Gasteiger partial charge in [-0.15, -0.1) is 0 Å². The third kappa shape index (κ3) is 5.83. The molecule has 0 unspecified atom stereocenters. The van der Waals surface area contributed by atoms with Gasteiger partial charge in [-0.05, 0) is 47.0 Å². The van der Waals surface area contributed by atoms with E-state index in [9.17, 15) is 14.0 Å². The maximum Gasteiger partial charge on any atom is 0.303 e. The average molecular weight is 332 g/mol. The lowest BCUT2D eigenvalue weighted by atomic mass is 10.2. The Bertz CT molecular complexity index is 465. The molecule has 0 radical (unpaired) electrons. The molecule has 0 aliphatic carbocycles. The molecule has 0 saturated carbocycles. The van der Waals surface area contributed by atoms with Gasteiger partial charge in [-0.3, -0.25) is 9.59 Å². The summed E-state index contributed by atoms with van der Waals surface area (Å²) in [6.07, 6.45) is 2.18. The lowest BCUT2D eigenvalue weighted by Crippen LogP contribution is -2.24. The molecule has 4 nitrogen and oxygen atoms in total. The molecule has 1 aromatic carbocycles. The van der Waals surface area contributed by atoms with Crippen molar-refractivity contribution in [2.45, 2.75) is 25.7 Å². The van der Waals surface area contributed by atoms with Gasteiger partial charge in [-0.1, -0.05) is 6.42 Å². The van der Waals surface area contributed by atoms with Crippen molar-refractivity contribution in [1.82, 2.24) is 5.32 Å². The van der Waals surface area contributed by atoms with Crippen LogP contribution in [0.25, 0.3) is 0 Å². The van der Waals surface area contributed by atoms with Crippen LogP contribution >= 0.6 is 15.9 Å². The Kier molecular flexibility index (Phi) is 6.49. The van der Waals surface area contributed by atoms with Crippen molar-refractivity contribution in [3.05, 3.63) is 34.1 Å². The van der Waals surface area contributed by atoms with Crippen LogP contribution in [0.2, 0.25) is 0 Å². The van der Waals surface area contributed by atoms with Gasteiger partial charge in [0, 0.05) is 18.5 Å². The zero-order valence-corrected chi connectivity index (χ0v) is 11.9. The highest BCUT2D eigenvalue weighted by atomic mass is 79.9. The zero-order valence-electron chi connectivity index (χ0n) is 10.3. The Morgan fingerprint density at radius 2 is 2.00 bits per heavy atom. The summed E-state index contributed by atoms with van der Waals surface area (Å²) >= 11 is 3.02. The molecule has 0 aliphatic rings. The molecule has 19 heavy (non-hydrogen) atoms. The quantitative estimate of drug-likeness (QED) is 0.755. The highest BCUT2D eigenvalue weighted by Gasteiger charge is 2.07. The Morgan fingerprint density at radius 1 is 1.26 bits per heavy atom. The van der Waals surface area contributed by atoms with E-state index in [1.807, 2.05) is 0 Å². The number of hydrogen-bond donors (Lipinski definition) is 2. The number of carboxylic acids is 1. The third-order valence-corrected chi connectivity index (χ3v) is 3.18. The van der Waals surface area contributed by atoms with E-state index in [2.05, 4.69) is 21.2 Å². The fourth-order valence-corrected chi connectivity index (χ4v) is 1.77. The predicted octanol–water partition coefficient (Wildman–Crippen LogP) is 2.96. The smallest absolute Gasteiger partial charge is 0.303 e. The average Bonchev–Trinajstić information content (AvgIpc) is 2.36. The first-order valence-corrected chi connectivity index (χ1v) is 6.75. The summed E-state index contributed by atoms with van der Waals surface area (Å²) in [7, 11) is 0. The van der Waals surface area contributed by atoms with Gasteiger partial charge in [0.15, 0.2) is 0 Å². The van der Waals surface area contributed by atoms with Crippen LogP contribution in [0.1, 0.15) is 36.0 Å². The number of carbonyl (C=O) groups excluding carboxylic acids is 1. The summed E-state index contributed by atoms with van der Waals surface area (Å²) in [6, 6.07) is 4.19. The van der Waals surface area contributed by atoms with Crippen molar-refractivity contribution in [1.29, 1.82) is 0 Å². The highest BCUT2D eigenvalue weighted by Crippen LogP contribution is 2.16. The van der Waals surface area contributed by atoms with Gasteiger partial charge in [0.25, 0.3) is 5.91 Å². The van der Waals surface area contributed by atoms with E-state index in [1.54, 1.807) is 0 Å². The van der Waals surface area contributed by atoms with E-state index < -0.39 is 11.8 Å². The van der Waals surface area contributed by atoms with Crippen LogP contribution in [0, 0.1) is 5.82 Å². The number of unbranched alkanes of at least 4 members (excludes halogenated alkanes) is 2. The maximum absolute atomic E-state index is 13.2. The fraction of sp³-hybridized carbons (Fsp3) is 0.385. The predicted molar refractivity (Wildman–Crippen MR) is 72.5 cm³/mol. The van der Waals surface area contributed by atoms with Crippen molar-refractivity contribution in [3.63, 3.8) is 0 Å². The SMILES string of the molecule is O=C(O)CCCCCNC(=O)c1ccc(Br)c(F)c1. The van der Waals surface area contributed by atoms with Crippen LogP contribution in [0.15, 0.2) is 22.7 Å². The summed E-state index contributed by atoms with van der Waals surface area (Å²) in [4.78, 5) is 21.9. The summed E-state index contributed by atoms with van der Waals surface area (Å²) < 4.78 is 13.5. The molecule has 6 heteroatoms. The van der Waals surface area contributed by atoms with E-state index in [0.717, 1.165) is 6.42 Å². The minimum atomic E-state index is -0.811. The van der Waals surface area contributed by atoms with Gasteiger partial charge < -0.3 is 10.4 Å². The summed E-state index contributed by atoms with van der Waals surface area (Å²) in [5.74, 6) is -1.62. The van der Waals surface area contributed by atoms with E-state index in [0.29, 0.717) is 23.9 Å². The van der Waals surface area contributed by atoms with Crippen LogP contribution in [0.3, 0.4) is 0 Å². The first kappa shape index (κ1) is 15.6. The normalized spacial score (nSPS) is 10.2. The van der Waals surface area contributed by atoms with Gasteiger partial charge in [0.1, 0.15) is 5.82 Å². The van der Waals surface area contributed by atoms with Crippen molar-refractivity contribution >= 4 is 27.8 Å². The Morgan fingerprint density at radius 3 is 2.63 bits per heavy atom. The number of aliphatic carboxylic acids is 1. The molecule has 1 amide bonds. The topological polar surface area (TPSA) is 66.4 Å². The van der Waals surface area contributed by atoms with Gasteiger partial charge >= 0.3 is 5.97 Å². The largest absolute Gasteiger partial charge is 0.481 e. The number of hydrogen-bond acceptors (Lipinski definition) is 2. The zero-order chi connectivity index (χ0) is 14.3. The molecule has 0 spiro atoms. The number of benzene rings is 1. The van der Waals surface area contributed by atoms with E-state index in [-0.39, 0.29) is 17.9 Å². The molecule has 0 atom stereocenters. The first-order valence-electron chi connectivity index (χ1n) is 5.95. The van der Waals surface area contributed by atoms with Crippen molar-refractivity contribution < 1.29 is 19.1 Å². The number of carboxylic acid groups (broad SMARTS) is 1. The first-order chi connectivity index (χ1) is 9.00. The van der Waals surface area contributed by atoms with Crippen LogP contribution in [-0.4, -0.2) is 23.5 Å². The Balaban J connectivity index is 2.27. The van der Waals surface area contributed by atoms with E-state index in [1.165, 1.54) is 18.2 Å². The van der Waals surface area contributed by atoms with Gasteiger partial charge in [-0.25, -0.2) is 4.39 Å². The number of nitrogens with one attached hydrogen (secondary N) is 1. The summed E-state index contributed by atoms with van der Waals surface area (Å²) in [5, 5.41) is 11.1. The van der Waals surface area contributed by atoms with Crippen LogP contribution in [0.5, 0.6) is 0 Å². The van der Waals surface area contributed by atoms with Gasteiger partial charge in [-0.2, -0.15) is 0 Å². The lowest BCUT2D eigenvalue weighted by molar-refractivity contribution is -0.137. The number of amides is 1. The molecule has 104 valence electrons. The molecule has 0 saturated heterocycles. The maximum atomic E-state index is 13.2. The standard InChI is InChI=1S/C13H15BrFNO3/c14-10-6-5-9(8-11(10)15)13(19)16-7-3-1-2-4-12(17)18/h5-6,8H,1-4,7H2,(H,16,19)(H,17,18). The van der Waals surface area contributed by atoms with Crippen molar-refractivity contribution in [3.8, 4) is 0 Å². The Labute approximate surface area is 119 Å². The fourth-order valence-electron chi connectivity index (χ4n) is 1.52. The second kappa shape index (κ2) is 7.89.